The van der Waals surface area contributed by atoms with Gasteiger partial charge in [-0.05, 0) is 36.2 Å². The summed E-state index contributed by atoms with van der Waals surface area (Å²) in [6.07, 6.45) is 3.05. The second kappa shape index (κ2) is 9.65. The molecule has 34 heavy (non-hydrogen) atoms. The Morgan fingerprint density at radius 3 is 2.74 bits per heavy atom. The van der Waals surface area contributed by atoms with Crippen molar-refractivity contribution in [2.24, 2.45) is 0 Å². The van der Waals surface area contributed by atoms with E-state index in [0.717, 1.165) is 9.87 Å². The summed E-state index contributed by atoms with van der Waals surface area (Å²) < 4.78 is 38.6. The third-order valence-electron chi connectivity index (χ3n) is 5.24. The fraction of sp³-hybridized carbons (Fsp3) is 0.261. The minimum Gasteiger partial charge on any atom is -0.493 e. The lowest BCUT2D eigenvalue weighted by atomic mass is 10.1. The standard InChI is InChI=1S/C23H24N4O6S/c1-3-6-16-9-10-20(21(11-16)32-2)33-15-18(28)14-26-12-17(24-25-26)13-27-23(29)19-7-4-5-8-22(19)34(27,30)31/h3-5,7-12,18,28H,1,6,13-15H2,2H3. The highest BCUT2D eigenvalue weighted by Crippen LogP contribution is 2.31. The Balaban J connectivity index is 1.36. The van der Waals surface area contributed by atoms with Crippen molar-refractivity contribution in [3.63, 3.8) is 0 Å². The van der Waals surface area contributed by atoms with Crippen LogP contribution in [0.25, 0.3) is 0 Å². The fourth-order valence-electron chi connectivity index (χ4n) is 3.61. The molecule has 4 rings (SSSR count). The smallest absolute Gasteiger partial charge is 0.269 e. The first-order valence-electron chi connectivity index (χ1n) is 10.5. The number of carbonyl (C=O) groups excluding carboxylic acids is 1. The van der Waals surface area contributed by atoms with E-state index in [2.05, 4.69) is 16.9 Å². The minimum atomic E-state index is -3.94. The molecule has 2 heterocycles. The molecule has 0 fully saturated rings. The highest BCUT2D eigenvalue weighted by molar-refractivity contribution is 7.90. The zero-order valence-corrected chi connectivity index (χ0v) is 19.3. The van der Waals surface area contributed by atoms with Crippen molar-refractivity contribution < 1.29 is 27.8 Å². The van der Waals surface area contributed by atoms with Crippen LogP contribution in [0.2, 0.25) is 0 Å². The maximum Gasteiger partial charge on any atom is 0.269 e. The average Bonchev–Trinajstić information content (AvgIpc) is 3.34. The van der Waals surface area contributed by atoms with Crippen LogP contribution in [-0.2, 0) is 29.5 Å². The van der Waals surface area contributed by atoms with Gasteiger partial charge in [0.15, 0.2) is 11.5 Å². The summed E-state index contributed by atoms with van der Waals surface area (Å²) in [4.78, 5) is 12.5. The molecule has 178 valence electrons. The summed E-state index contributed by atoms with van der Waals surface area (Å²) in [6, 6.07) is 11.6. The topological polar surface area (TPSA) is 124 Å². The molecular formula is C23H24N4O6S. The normalized spacial score (nSPS) is 15.1. The van der Waals surface area contributed by atoms with Crippen molar-refractivity contribution in [3.8, 4) is 11.5 Å². The molecule has 1 N–H and O–H groups in total. The van der Waals surface area contributed by atoms with Gasteiger partial charge in [-0.15, -0.1) is 11.7 Å². The Morgan fingerprint density at radius 1 is 1.21 bits per heavy atom. The van der Waals surface area contributed by atoms with Gasteiger partial charge in [-0.25, -0.2) is 17.4 Å². The van der Waals surface area contributed by atoms with E-state index in [1.54, 1.807) is 24.3 Å². The number of amides is 1. The van der Waals surface area contributed by atoms with E-state index >= 15 is 0 Å². The maximum atomic E-state index is 12.7. The van der Waals surface area contributed by atoms with Gasteiger partial charge in [0.25, 0.3) is 15.9 Å². The number of hydrogen-bond acceptors (Lipinski definition) is 8. The molecule has 0 aliphatic carbocycles. The molecule has 1 amide bonds. The second-order valence-electron chi connectivity index (χ2n) is 7.69. The Kier molecular flexibility index (Phi) is 6.66. The minimum absolute atomic E-state index is 0.0204. The molecule has 0 spiro atoms. The number of allylic oxidation sites excluding steroid dienone is 1. The summed E-state index contributed by atoms with van der Waals surface area (Å²) in [6.45, 7) is 3.50. The van der Waals surface area contributed by atoms with Crippen LogP contribution >= 0.6 is 0 Å². The number of carbonyl (C=O) groups is 1. The van der Waals surface area contributed by atoms with E-state index in [0.29, 0.717) is 17.9 Å². The number of fused-ring (bicyclic) bond motifs is 1. The number of aromatic nitrogens is 3. The maximum absolute atomic E-state index is 12.7. The van der Waals surface area contributed by atoms with Gasteiger partial charge >= 0.3 is 0 Å². The zero-order chi connectivity index (χ0) is 24.3. The summed E-state index contributed by atoms with van der Waals surface area (Å²) in [7, 11) is -2.40. The van der Waals surface area contributed by atoms with E-state index in [9.17, 15) is 18.3 Å². The number of rotatable bonds is 10. The molecular weight excluding hydrogens is 460 g/mol. The summed E-state index contributed by atoms with van der Waals surface area (Å²) in [5.41, 5.74) is 1.43. The SMILES string of the molecule is C=CCc1ccc(OCC(O)Cn2cc(CN3C(=O)c4ccccc4S3(=O)=O)nn2)c(OC)c1. The van der Waals surface area contributed by atoms with Gasteiger partial charge in [0, 0.05) is 0 Å². The van der Waals surface area contributed by atoms with Crippen LogP contribution in [0.15, 0.2) is 66.2 Å². The Morgan fingerprint density at radius 2 is 2.00 bits per heavy atom. The second-order valence-corrected chi connectivity index (χ2v) is 9.52. The fourth-order valence-corrected chi connectivity index (χ4v) is 5.15. The summed E-state index contributed by atoms with van der Waals surface area (Å²) >= 11 is 0. The van der Waals surface area contributed by atoms with E-state index in [-0.39, 0.29) is 35.8 Å². The van der Waals surface area contributed by atoms with Gasteiger partial charge in [0.05, 0.1) is 32.0 Å². The van der Waals surface area contributed by atoms with Crippen LogP contribution < -0.4 is 9.47 Å². The van der Waals surface area contributed by atoms with Gasteiger partial charge in [-0.3, -0.25) is 4.79 Å². The van der Waals surface area contributed by atoms with Crippen molar-refractivity contribution in [3.05, 3.63) is 78.1 Å². The summed E-state index contributed by atoms with van der Waals surface area (Å²) in [5, 5.41) is 18.2. The number of aliphatic hydroxyl groups excluding tert-OH is 1. The van der Waals surface area contributed by atoms with Crippen molar-refractivity contribution in [1.82, 2.24) is 19.3 Å². The predicted molar refractivity (Wildman–Crippen MR) is 122 cm³/mol. The van der Waals surface area contributed by atoms with Crippen LogP contribution in [-0.4, -0.2) is 58.6 Å². The van der Waals surface area contributed by atoms with E-state index in [4.69, 9.17) is 9.47 Å². The number of hydrogen-bond donors (Lipinski definition) is 1. The molecule has 0 bridgehead atoms. The zero-order valence-electron chi connectivity index (χ0n) is 18.5. The number of methoxy groups -OCH3 is 1. The van der Waals surface area contributed by atoms with Crippen molar-refractivity contribution >= 4 is 15.9 Å². The molecule has 1 atom stereocenters. The van der Waals surface area contributed by atoms with Crippen LogP contribution in [0.1, 0.15) is 21.6 Å². The van der Waals surface area contributed by atoms with E-state index < -0.39 is 22.0 Å². The van der Waals surface area contributed by atoms with Gasteiger partial charge < -0.3 is 14.6 Å². The predicted octanol–water partition coefficient (Wildman–Crippen LogP) is 1.80. The molecule has 11 heteroatoms. The van der Waals surface area contributed by atoms with Gasteiger partial charge in [0.1, 0.15) is 23.3 Å². The van der Waals surface area contributed by atoms with E-state index in [1.807, 2.05) is 12.1 Å². The first kappa shape index (κ1) is 23.5. The van der Waals surface area contributed by atoms with Gasteiger partial charge in [-0.1, -0.05) is 29.5 Å². The number of aliphatic hydroxyl groups is 1. The quantitative estimate of drug-likeness (QED) is 0.432. The lowest BCUT2D eigenvalue weighted by Gasteiger charge is -2.15. The Bertz CT molecular complexity index is 1320. The average molecular weight is 485 g/mol. The lowest BCUT2D eigenvalue weighted by molar-refractivity contribution is 0.0861. The van der Waals surface area contributed by atoms with Gasteiger partial charge in [-0.2, -0.15) is 0 Å². The van der Waals surface area contributed by atoms with Crippen molar-refractivity contribution in [2.75, 3.05) is 13.7 Å². The number of benzene rings is 2. The molecule has 1 aromatic heterocycles. The number of sulfonamides is 1. The molecule has 1 aliphatic rings. The molecule has 0 saturated heterocycles. The Hall–Kier alpha value is -3.70. The van der Waals surface area contributed by atoms with Crippen LogP contribution in [0.4, 0.5) is 0 Å². The van der Waals surface area contributed by atoms with Crippen molar-refractivity contribution in [1.29, 1.82) is 0 Å². The third kappa shape index (κ3) is 4.66. The van der Waals surface area contributed by atoms with Crippen LogP contribution in [0, 0.1) is 0 Å². The molecule has 10 nitrogen and oxygen atoms in total. The third-order valence-corrected chi connectivity index (χ3v) is 7.03. The number of ether oxygens (including phenoxy) is 2. The first-order chi connectivity index (χ1) is 16.3. The van der Waals surface area contributed by atoms with E-state index in [1.165, 1.54) is 30.1 Å². The monoisotopic (exact) mass is 484 g/mol. The largest absolute Gasteiger partial charge is 0.493 e. The molecule has 0 radical (unpaired) electrons. The Labute approximate surface area is 197 Å². The lowest BCUT2D eigenvalue weighted by Crippen LogP contribution is -2.29. The van der Waals surface area contributed by atoms with Gasteiger partial charge in [0.2, 0.25) is 0 Å². The van der Waals surface area contributed by atoms with Crippen molar-refractivity contribution in [2.45, 2.75) is 30.5 Å². The molecule has 3 aromatic rings. The van der Waals surface area contributed by atoms with Crippen LogP contribution in [0.3, 0.4) is 0 Å². The highest BCUT2D eigenvalue weighted by atomic mass is 32.2. The summed E-state index contributed by atoms with van der Waals surface area (Å²) in [5.74, 6) is 0.435. The number of nitrogens with zero attached hydrogens (tertiary/aromatic N) is 4. The molecule has 1 unspecified atom stereocenters. The molecule has 1 aliphatic heterocycles. The highest BCUT2D eigenvalue weighted by Gasteiger charge is 2.41. The first-order valence-corrected chi connectivity index (χ1v) is 11.9. The molecule has 2 aromatic carbocycles. The van der Waals surface area contributed by atoms with Crippen LogP contribution in [0.5, 0.6) is 11.5 Å². The molecule has 0 saturated carbocycles.